The Morgan fingerprint density at radius 1 is 1.37 bits per heavy atom. The summed E-state index contributed by atoms with van der Waals surface area (Å²) in [7, 11) is 1.62. The molecular formula is C14H18N2O3. The molecule has 1 aliphatic rings. The molecule has 102 valence electrons. The Labute approximate surface area is 112 Å². The molecule has 0 aliphatic carbocycles. The number of hydrogen-bond acceptors (Lipinski definition) is 4. The molecule has 0 saturated carbocycles. The Bertz CT molecular complexity index is 487. The number of carbonyl (C=O) groups excluding carboxylic acids is 2. The number of carbonyl (C=O) groups is 2. The van der Waals surface area contributed by atoms with Crippen molar-refractivity contribution in [3.05, 3.63) is 29.8 Å². The van der Waals surface area contributed by atoms with Gasteiger partial charge < -0.3 is 4.74 Å². The van der Waals surface area contributed by atoms with E-state index in [0.29, 0.717) is 12.8 Å². The van der Waals surface area contributed by atoms with E-state index in [1.54, 1.807) is 7.11 Å². The molecule has 1 aliphatic heterocycles. The number of nitrogens with one attached hydrogen (secondary N) is 2. The van der Waals surface area contributed by atoms with Crippen LogP contribution in [0, 0.1) is 0 Å². The summed E-state index contributed by atoms with van der Waals surface area (Å²) in [5.41, 5.74) is 0.995. The summed E-state index contributed by atoms with van der Waals surface area (Å²) in [5, 5.41) is 5.58. The second-order valence-electron chi connectivity index (χ2n) is 4.63. The van der Waals surface area contributed by atoms with Crippen LogP contribution >= 0.6 is 0 Å². The van der Waals surface area contributed by atoms with Gasteiger partial charge in [-0.25, -0.2) is 0 Å². The van der Waals surface area contributed by atoms with Gasteiger partial charge in [-0.2, -0.15) is 0 Å². The third-order valence-corrected chi connectivity index (χ3v) is 3.30. The van der Waals surface area contributed by atoms with Gasteiger partial charge in [0.2, 0.25) is 11.8 Å². The molecule has 1 fully saturated rings. The lowest BCUT2D eigenvalue weighted by Crippen LogP contribution is -2.51. The largest absolute Gasteiger partial charge is 0.496 e. The van der Waals surface area contributed by atoms with Crippen LogP contribution in [0.5, 0.6) is 5.75 Å². The van der Waals surface area contributed by atoms with E-state index in [0.717, 1.165) is 11.3 Å². The highest BCUT2D eigenvalue weighted by Crippen LogP contribution is 2.25. The van der Waals surface area contributed by atoms with E-state index in [-0.39, 0.29) is 23.9 Å². The number of benzene rings is 1. The molecule has 2 amide bonds. The molecule has 0 radical (unpaired) electrons. The molecule has 0 bridgehead atoms. The first-order valence-corrected chi connectivity index (χ1v) is 6.34. The van der Waals surface area contributed by atoms with Crippen LogP contribution in [0.25, 0.3) is 0 Å². The topological polar surface area (TPSA) is 67.4 Å². The molecule has 19 heavy (non-hydrogen) atoms. The van der Waals surface area contributed by atoms with E-state index in [1.807, 2.05) is 31.2 Å². The molecule has 2 rings (SSSR count). The summed E-state index contributed by atoms with van der Waals surface area (Å²) in [5.74, 6) is 0.334. The number of ether oxygens (including phenoxy) is 1. The summed E-state index contributed by atoms with van der Waals surface area (Å²) in [4.78, 5) is 22.8. The second kappa shape index (κ2) is 5.84. The fourth-order valence-electron chi connectivity index (χ4n) is 2.27. The quantitative estimate of drug-likeness (QED) is 0.799. The van der Waals surface area contributed by atoms with Crippen LogP contribution in [0.15, 0.2) is 24.3 Å². The van der Waals surface area contributed by atoms with Gasteiger partial charge in [0.1, 0.15) is 5.75 Å². The number of imide groups is 1. The molecule has 1 aromatic carbocycles. The SMILES string of the molecule is COc1ccccc1C(C)NC1CCC(=O)NC1=O. The average molecular weight is 262 g/mol. The molecule has 5 nitrogen and oxygen atoms in total. The van der Waals surface area contributed by atoms with Crippen LogP contribution < -0.4 is 15.4 Å². The smallest absolute Gasteiger partial charge is 0.243 e. The van der Waals surface area contributed by atoms with Gasteiger partial charge >= 0.3 is 0 Å². The van der Waals surface area contributed by atoms with Crippen molar-refractivity contribution in [3.8, 4) is 5.75 Å². The normalized spacial score (nSPS) is 20.8. The number of piperidine rings is 1. The van der Waals surface area contributed by atoms with Crippen molar-refractivity contribution in [1.82, 2.24) is 10.6 Å². The average Bonchev–Trinajstić information content (AvgIpc) is 2.41. The Morgan fingerprint density at radius 2 is 2.11 bits per heavy atom. The minimum Gasteiger partial charge on any atom is -0.496 e. The zero-order chi connectivity index (χ0) is 13.8. The van der Waals surface area contributed by atoms with E-state index in [4.69, 9.17) is 4.74 Å². The molecule has 2 atom stereocenters. The van der Waals surface area contributed by atoms with Gasteiger partial charge in [0.25, 0.3) is 0 Å². The van der Waals surface area contributed by atoms with Gasteiger partial charge in [-0.05, 0) is 19.4 Å². The lowest BCUT2D eigenvalue weighted by atomic mass is 10.0. The lowest BCUT2D eigenvalue weighted by molar-refractivity contribution is -0.134. The molecular weight excluding hydrogens is 244 g/mol. The van der Waals surface area contributed by atoms with Gasteiger partial charge in [0.05, 0.1) is 13.2 Å². The number of methoxy groups -OCH3 is 1. The molecule has 2 N–H and O–H groups in total. The second-order valence-corrected chi connectivity index (χ2v) is 4.63. The van der Waals surface area contributed by atoms with Crippen LogP contribution in [0.4, 0.5) is 0 Å². The minimum absolute atomic E-state index is 0.0277. The van der Waals surface area contributed by atoms with Gasteiger partial charge in [0, 0.05) is 18.0 Å². The van der Waals surface area contributed by atoms with Gasteiger partial charge in [0.15, 0.2) is 0 Å². The van der Waals surface area contributed by atoms with Crippen molar-refractivity contribution in [3.63, 3.8) is 0 Å². The van der Waals surface area contributed by atoms with Crippen molar-refractivity contribution in [2.24, 2.45) is 0 Å². The maximum absolute atomic E-state index is 11.7. The summed E-state index contributed by atoms with van der Waals surface area (Å²) in [6.45, 7) is 1.97. The summed E-state index contributed by atoms with van der Waals surface area (Å²) in [6.07, 6.45) is 0.909. The van der Waals surface area contributed by atoms with Crippen LogP contribution in [0.2, 0.25) is 0 Å². The highest BCUT2D eigenvalue weighted by atomic mass is 16.5. The van der Waals surface area contributed by atoms with E-state index >= 15 is 0 Å². The zero-order valence-corrected chi connectivity index (χ0v) is 11.1. The Balaban J connectivity index is 2.06. The van der Waals surface area contributed by atoms with Crippen molar-refractivity contribution >= 4 is 11.8 Å². The fourth-order valence-corrected chi connectivity index (χ4v) is 2.27. The Hall–Kier alpha value is -1.88. The maximum Gasteiger partial charge on any atom is 0.243 e. The zero-order valence-electron chi connectivity index (χ0n) is 11.1. The number of amides is 2. The summed E-state index contributed by atoms with van der Waals surface area (Å²) < 4.78 is 5.30. The first-order chi connectivity index (χ1) is 9.11. The molecule has 0 spiro atoms. The standard InChI is InChI=1S/C14H18N2O3/c1-9(10-5-3-4-6-12(10)19-2)15-11-7-8-13(17)16-14(11)18/h3-6,9,11,15H,7-8H2,1-2H3,(H,16,17,18). The predicted molar refractivity (Wildman–Crippen MR) is 70.7 cm³/mol. The highest BCUT2D eigenvalue weighted by molar-refractivity contribution is 6.00. The summed E-state index contributed by atoms with van der Waals surface area (Å²) >= 11 is 0. The molecule has 1 saturated heterocycles. The Morgan fingerprint density at radius 3 is 2.79 bits per heavy atom. The van der Waals surface area contributed by atoms with Crippen LogP contribution in [-0.4, -0.2) is 25.0 Å². The molecule has 5 heteroatoms. The van der Waals surface area contributed by atoms with Gasteiger partial charge in [-0.15, -0.1) is 0 Å². The minimum atomic E-state index is -0.336. The third-order valence-electron chi connectivity index (χ3n) is 3.30. The predicted octanol–water partition coefficient (Wildman–Crippen LogP) is 1.15. The van der Waals surface area contributed by atoms with E-state index in [1.165, 1.54) is 0 Å². The molecule has 0 aromatic heterocycles. The third kappa shape index (κ3) is 3.12. The van der Waals surface area contributed by atoms with Crippen molar-refractivity contribution in [2.75, 3.05) is 7.11 Å². The van der Waals surface area contributed by atoms with Gasteiger partial charge in [-0.3, -0.25) is 20.2 Å². The highest BCUT2D eigenvalue weighted by Gasteiger charge is 2.28. The number of rotatable bonds is 4. The molecule has 1 aromatic rings. The van der Waals surface area contributed by atoms with Gasteiger partial charge in [-0.1, -0.05) is 18.2 Å². The van der Waals surface area contributed by atoms with E-state index in [2.05, 4.69) is 10.6 Å². The Kier molecular flexibility index (Phi) is 4.16. The van der Waals surface area contributed by atoms with Crippen LogP contribution in [0.1, 0.15) is 31.4 Å². The maximum atomic E-state index is 11.7. The van der Waals surface area contributed by atoms with Crippen LogP contribution in [-0.2, 0) is 9.59 Å². The fraction of sp³-hybridized carbons (Fsp3) is 0.429. The van der Waals surface area contributed by atoms with Crippen LogP contribution in [0.3, 0.4) is 0 Å². The number of hydrogen-bond donors (Lipinski definition) is 2. The first kappa shape index (κ1) is 13.5. The van der Waals surface area contributed by atoms with E-state index in [9.17, 15) is 9.59 Å². The molecule has 2 unspecified atom stereocenters. The monoisotopic (exact) mass is 262 g/mol. The molecule has 1 heterocycles. The lowest BCUT2D eigenvalue weighted by Gasteiger charge is -2.26. The number of para-hydroxylation sites is 1. The van der Waals surface area contributed by atoms with Crippen molar-refractivity contribution in [2.45, 2.75) is 31.8 Å². The summed E-state index contributed by atoms with van der Waals surface area (Å²) in [6, 6.07) is 7.32. The van der Waals surface area contributed by atoms with Crippen molar-refractivity contribution < 1.29 is 14.3 Å². The van der Waals surface area contributed by atoms with E-state index < -0.39 is 0 Å². The van der Waals surface area contributed by atoms with Crippen molar-refractivity contribution in [1.29, 1.82) is 0 Å². The first-order valence-electron chi connectivity index (χ1n) is 6.34.